The van der Waals surface area contributed by atoms with Gasteiger partial charge in [-0.25, -0.2) is 0 Å². The van der Waals surface area contributed by atoms with Crippen LogP contribution in [0.2, 0.25) is 0 Å². The van der Waals surface area contributed by atoms with Gasteiger partial charge < -0.3 is 9.80 Å². The van der Waals surface area contributed by atoms with Gasteiger partial charge in [0.15, 0.2) is 0 Å². The summed E-state index contributed by atoms with van der Waals surface area (Å²) in [6, 6.07) is 0. The Morgan fingerprint density at radius 2 is 1.53 bits per heavy atom. The van der Waals surface area contributed by atoms with Gasteiger partial charge in [-0.15, -0.1) is 0 Å². The Labute approximate surface area is 95.6 Å². The molecule has 0 unspecified atom stereocenters. The number of rotatable bonds is 5. The van der Waals surface area contributed by atoms with E-state index in [2.05, 4.69) is 37.9 Å². The van der Waals surface area contributed by atoms with Crippen LogP contribution in [0.5, 0.6) is 0 Å². The molecule has 90 valence electrons. The Hall–Kier alpha value is -0.0800. The molecule has 1 rings (SSSR count). The maximum atomic E-state index is 2.50. The van der Waals surface area contributed by atoms with E-state index in [1.54, 1.807) is 0 Å². The van der Waals surface area contributed by atoms with E-state index in [4.69, 9.17) is 0 Å². The topological polar surface area (TPSA) is 6.48 Å². The van der Waals surface area contributed by atoms with Crippen molar-refractivity contribution in [2.45, 2.75) is 32.6 Å². The van der Waals surface area contributed by atoms with Crippen molar-refractivity contribution < 1.29 is 0 Å². The van der Waals surface area contributed by atoms with Crippen LogP contribution in [0, 0.1) is 11.8 Å². The van der Waals surface area contributed by atoms with Crippen LogP contribution in [0.25, 0.3) is 0 Å². The molecule has 1 aliphatic rings. The smallest absolute Gasteiger partial charge is 0.0106 e. The molecule has 0 aromatic rings. The van der Waals surface area contributed by atoms with Crippen LogP contribution in [0.15, 0.2) is 0 Å². The lowest BCUT2D eigenvalue weighted by atomic mass is 9.83. The highest BCUT2D eigenvalue weighted by Crippen LogP contribution is 2.28. The lowest BCUT2D eigenvalue weighted by Crippen LogP contribution is -2.33. The Morgan fingerprint density at radius 1 is 0.933 bits per heavy atom. The molecule has 1 fully saturated rings. The van der Waals surface area contributed by atoms with Gasteiger partial charge in [0, 0.05) is 19.6 Å². The summed E-state index contributed by atoms with van der Waals surface area (Å²) in [5, 5.41) is 0. The maximum Gasteiger partial charge on any atom is 0.0106 e. The van der Waals surface area contributed by atoms with Gasteiger partial charge in [0.25, 0.3) is 0 Å². The van der Waals surface area contributed by atoms with Crippen LogP contribution in [0.4, 0.5) is 0 Å². The Morgan fingerprint density at radius 3 is 2.07 bits per heavy atom. The summed E-state index contributed by atoms with van der Waals surface area (Å²) >= 11 is 0. The summed E-state index contributed by atoms with van der Waals surface area (Å²) < 4.78 is 0. The monoisotopic (exact) mass is 212 g/mol. The molecule has 0 heterocycles. The first kappa shape index (κ1) is 13.0. The van der Waals surface area contributed by atoms with Crippen molar-refractivity contribution in [1.82, 2.24) is 9.80 Å². The van der Waals surface area contributed by atoms with Crippen molar-refractivity contribution >= 4 is 0 Å². The molecule has 1 aliphatic carbocycles. The molecule has 2 nitrogen and oxygen atoms in total. The molecule has 0 saturated heterocycles. The fourth-order valence-electron chi connectivity index (χ4n) is 2.41. The minimum atomic E-state index is 0.966. The van der Waals surface area contributed by atoms with Crippen molar-refractivity contribution in [3.05, 3.63) is 0 Å². The van der Waals surface area contributed by atoms with Gasteiger partial charge in [-0.1, -0.05) is 19.8 Å². The highest BCUT2D eigenvalue weighted by atomic mass is 15.1. The van der Waals surface area contributed by atoms with E-state index in [1.165, 1.54) is 45.3 Å². The molecule has 0 bridgehead atoms. The zero-order chi connectivity index (χ0) is 11.3. The van der Waals surface area contributed by atoms with E-state index in [9.17, 15) is 0 Å². The molecule has 0 N–H and O–H groups in total. The van der Waals surface area contributed by atoms with Crippen LogP contribution >= 0.6 is 0 Å². The predicted octanol–water partition coefficient (Wildman–Crippen LogP) is 2.31. The van der Waals surface area contributed by atoms with E-state index in [1.807, 2.05) is 0 Å². The van der Waals surface area contributed by atoms with Crippen LogP contribution in [0.1, 0.15) is 32.6 Å². The molecule has 2 heteroatoms. The van der Waals surface area contributed by atoms with Crippen molar-refractivity contribution in [3.63, 3.8) is 0 Å². The van der Waals surface area contributed by atoms with Gasteiger partial charge in [-0.2, -0.15) is 0 Å². The molecular weight excluding hydrogens is 184 g/mol. The SMILES string of the molecule is CC1CCC(CN(C)CCN(C)C)CC1. The van der Waals surface area contributed by atoms with E-state index >= 15 is 0 Å². The predicted molar refractivity (Wildman–Crippen MR) is 67.2 cm³/mol. The average molecular weight is 212 g/mol. The number of hydrogen-bond acceptors (Lipinski definition) is 2. The quantitative estimate of drug-likeness (QED) is 0.690. The Bertz CT molecular complexity index is 160. The molecule has 1 saturated carbocycles. The van der Waals surface area contributed by atoms with E-state index < -0.39 is 0 Å². The highest BCUT2D eigenvalue weighted by Gasteiger charge is 2.19. The summed E-state index contributed by atoms with van der Waals surface area (Å²) in [6.07, 6.45) is 5.80. The first-order valence-electron chi connectivity index (χ1n) is 6.41. The zero-order valence-electron chi connectivity index (χ0n) is 11.0. The summed E-state index contributed by atoms with van der Waals surface area (Å²) in [4.78, 5) is 4.76. The second-order valence-electron chi connectivity index (χ2n) is 5.69. The summed E-state index contributed by atoms with van der Waals surface area (Å²) in [7, 11) is 6.56. The standard InChI is InChI=1S/C13H28N2/c1-12-5-7-13(8-6-12)11-15(4)10-9-14(2)3/h12-13H,5-11H2,1-4H3. The molecular formula is C13H28N2. The largest absolute Gasteiger partial charge is 0.308 e. The first-order chi connectivity index (χ1) is 7.08. The van der Waals surface area contributed by atoms with E-state index in [0.29, 0.717) is 0 Å². The summed E-state index contributed by atoms with van der Waals surface area (Å²) in [6.45, 7) is 6.09. The zero-order valence-corrected chi connectivity index (χ0v) is 11.0. The van der Waals surface area contributed by atoms with Crippen molar-refractivity contribution in [2.75, 3.05) is 40.8 Å². The fourth-order valence-corrected chi connectivity index (χ4v) is 2.41. The number of likely N-dealkylation sites (N-methyl/N-ethyl adjacent to an activating group) is 2. The van der Waals surface area contributed by atoms with Crippen molar-refractivity contribution in [2.24, 2.45) is 11.8 Å². The first-order valence-corrected chi connectivity index (χ1v) is 6.41. The van der Waals surface area contributed by atoms with Gasteiger partial charge in [-0.3, -0.25) is 0 Å². The molecule has 0 spiro atoms. The van der Waals surface area contributed by atoms with Gasteiger partial charge in [0.1, 0.15) is 0 Å². The third-order valence-corrected chi connectivity index (χ3v) is 3.63. The fraction of sp³-hybridized carbons (Fsp3) is 1.00. The van der Waals surface area contributed by atoms with Crippen molar-refractivity contribution in [1.29, 1.82) is 0 Å². The van der Waals surface area contributed by atoms with Gasteiger partial charge in [0.2, 0.25) is 0 Å². The molecule has 15 heavy (non-hydrogen) atoms. The highest BCUT2D eigenvalue weighted by molar-refractivity contribution is 4.72. The third-order valence-electron chi connectivity index (χ3n) is 3.63. The number of nitrogens with zero attached hydrogens (tertiary/aromatic N) is 2. The van der Waals surface area contributed by atoms with Crippen molar-refractivity contribution in [3.8, 4) is 0 Å². The minimum Gasteiger partial charge on any atom is -0.308 e. The molecule has 0 amide bonds. The van der Waals surface area contributed by atoms with Crippen LogP contribution in [-0.4, -0.2) is 50.6 Å². The van der Waals surface area contributed by atoms with Crippen LogP contribution in [0.3, 0.4) is 0 Å². The van der Waals surface area contributed by atoms with Gasteiger partial charge >= 0.3 is 0 Å². The summed E-state index contributed by atoms with van der Waals surface area (Å²) in [5.74, 6) is 1.95. The normalized spacial score (nSPS) is 27.6. The third kappa shape index (κ3) is 5.53. The van der Waals surface area contributed by atoms with E-state index in [0.717, 1.165) is 11.8 Å². The van der Waals surface area contributed by atoms with Gasteiger partial charge in [0.05, 0.1) is 0 Å². The maximum absolute atomic E-state index is 2.50. The molecule has 0 atom stereocenters. The molecule has 0 aliphatic heterocycles. The average Bonchev–Trinajstić information content (AvgIpc) is 2.19. The van der Waals surface area contributed by atoms with E-state index in [-0.39, 0.29) is 0 Å². The molecule has 0 aromatic heterocycles. The van der Waals surface area contributed by atoms with Gasteiger partial charge in [-0.05, 0) is 45.8 Å². The Kier molecular flexibility index (Phi) is 5.62. The summed E-state index contributed by atoms with van der Waals surface area (Å²) in [5.41, 5.74) is 0. The molecule has 0 radical (unpaired) electrons. The number of hydrogen-bond donors (Lipinski definition) is 0. The lowest BCUT2D eigenvalue weighted by Gasteiger charge is -2.30. The molecule has 0 aromatic carbocycles. The lowest BCUT2D eigenvalue weighted by molar-refractivity contribution is 0.198. The Balaban J connectivity index is 2.12. The second-order valence-corrected chi connectivity index (χ2v) is 5.69. The van der Waals surface area contributed by atoms with Crippen LogP contribution < -0.4 is 0 Å². The minimum absolute atomic E-state index is 0.966. The second kappa shape index (κ2) is 6.49. The van der Waals surface area contributed by atoms with Crippen LogP contribution in [-0.2, 0) is 0 Å².